The van der Waals surface area contributed by atoms with Crippen molar-refractivity contribution in [1.82, 2.24) is 5.32 Å². The third kappa shape index (κ3) is 3.75. The molecule has 0 saturated carbocycles. The number of rotatable bonds is 5. The van der Waals surface area contributed by atoms with E-state index in [1.807, 2.05) is 18.2 Å². The van der Waals surface area contributed by atoms with E-state index in [9.17, 15) is 4.79 Å². The topological polar surface area (TPSA) is 29.1 Å². The molecular formula is C16H23Cl2NO. The summed E-state index contributed by atoms with van der Waals surface area (Å²) in [6, 6.07) is 7.85. The summed E-state index contributed by atoms with van der Waals surface area (Å²) in [5, 5.41) is 4.07. The third-order valence-corrected chi connectivity index (χ3v) is 4.36. The van der Waals surface area contributed by atoms with Crippen molar-refractivity contribution in [1.29, 1.82) is 0 Å². The van der Waals surface area contributed by atoms with Gasteiger partial charge in [0, 0.05) is 11.4 Å². The fourth-order valence-corrected chi connectivity index (χ4v) is 3.14. The molecule has 1 aliphatic heterocycles. The van der Waals surface area contributed by atoms with Gasteiger partial charge < -0.3 is 5.32 Å². The summed E-state index contributed by atoms with van der Waals surface area (Å²) < 4.78 is 0. The molecule has 0 aromatic heterocycles. The number of hydrogen-bond donors (Lipinski definition) is 1. The average molecular weight is 316 g/mol. The minimum Gasteiger partial charge on any atom is -0.317 e. The highest BCUT2D eigenvalue weighted by Crippen LogP contribution is 2.37. The molecule has 112 valence electrons. The van der Waals surface area contributed by atoms with Crippen LogP contribution in [0.1, 0.15) is 44.6 Å². The Bertz CT molecular complexity index is 442. The molecule has 0 bridgehead atoms. The summed E-state index contributed by atoms with van der Waals surface area (Å²) in [4.78, 5) is 12.7. The van der Waals surface area contributed by atoms with Crippen LogP contribution in [0.2, 0.25) is 5.02 Å². The van der Waals surface area contributed by atoms with Gasteiger partial charge in [0.05, 0.1) is 5.41 Å². The van der Waals surface area contributed by atoms with Gasteiger partial charge in [0.25, 0.3) is 0 Å². The quantitative estimate of drug-likeness (QED) is 0.884. The molecule has 0 amide bonds. The van der Waals surface area contributed by atoms with E-state index in [1.54, 1.807) is 0 Å². The molecule has 1 aromatic rings. The Balaban J connectivity index is 0.00000200. The summed E-state index contributed by atoms with van der Waals surface area (Å²) in [5.74, 6) is 0.387. The van der Waals surface area contributed by atoms with E-state index in [-0.39, 0.29) is 17.8 Å². The van der Waals surface area contributed by atoms with Crippen LogP contribution in [-0.2, 0) is 10.2 Å². The largest absolute Gasteiger partial charge is 0.317 e. The highest BCUT2D eigenvalue weighted by atomic mass is 35.5. The normalized spacial score (nSPS) is 17.3. The van der Waals surface area contributed by atoms with Crippen LogP contribution in [0, 0.1) is 0 Å². The number of ketones is 1. The molecule has 0 atom stereocenters. The van der Waals surface area contributed by atoms with Gasteiger partial charge in [-0.1, -0.05) is 37.1 Å². The first-order chi connectivity index (χ1) is 9.19. The minimum atomic E-state index is -0.314. The molecule has 1 heterocycles. The monoisotopic (exact) mass is 315 g/mol. The van der Waals surface area contributed by atoms with Gasteiger partial charge in [-0.15, -0.1) is 12.4 Å². The summed E-state index contributed by atoms with van der Waals surface area (Å²) >= 11 is 6.11. The van der Waals surface area contributed by atoms with Crippen LogP contribution in [0.4, 0.5) is 0 Å². The fraction of sp³-hybridized carbons (Fsp3) is 0.562. The molecule has 0 radical (unpaired) electrons. The Hall–Kier alpha value is -0.570. The van der Waals surface area contributed by atoms with Crippen molar-refractivity contribution in [3.05, 3.63) is 34.9 Å². The van der Waals surface area contributed by atoms with E-state index in [0.717, 1.165) is 49.4 Å². The molecule has 1 saturated heterocycles. The lowest BCUT2D eigenvalue weighted by atomic mass is 9.69. The first-order valence-corrected chi connectivity index (χ1v) is 7.57. The summed E-state index contributed by atoms with van der Waals surface area (Å²) in [5.41, 5.74) is 0.785. The number of nitrogens with one attached hydrogen (secondary N) is 1. The van der Waals surface area contributed by atoms with Gasteiger partial charge >= 0.3 is 0 Å². The van der Waals surface area contributed by atoms with Crippen molar-refractivity contribution in [3.63, 3.8) is 0 Å². The molecular weight excluding hydrogens is 293 g/mol. The van der Waals surface area contributed by atoms with Crippen molar-refractivity contribution in [2.45, 2.75) is 44.4 Å². The zero-order valence-electron chi connectivity index (χ0n) is 12.0. The number of hydrogen-bond acceptors (Lipinski definition) is 2. The highest BCUT2D eigenvalue weighted by Gasteiger charge is 2.40. The molecule has 1 fully saturated rings. The van der Waals surface area contributed by atoms with Gasteiger partial charge in [-0.25, -0.2) is 0 Å². The molecule has 2 rings (SSSR count). The molecule has 0 unspecified atom stereocenters. The van der Waals surface area contributed by atoms with Crippen LogP contribution in [-0.4, -0.2) is 18.9 Å². The average Bonchev–Trinajstić information content (AvgIpc) is 2.45. The van der Waals surface area contributed by atoms with E-state index in [1.165, 1.54) is 0 Å². The Morgan fingerprint density at radius 3 is 2.65 bits per heavy atom. The first-order valence-electron chi connectivity index (χ1n) is 7.19. The van der Waals surface area contributed by atoms with Crippen molar-refractivity contribution in [2.75, 3.05) is 13.1 Å². The number of carbonyl (C=O) groups excluding carboxylic acids is 1. The molecule has 1 N–H and O–H groups in total. The van der Waals surface area contributed by atoms with Gasteiger partial charge in [-0.2, -0.15) is 0 Å². The Labute approximate surface area is 132 Å². The van der Waals surface area contributed by atoms with Crippen LogP contribution in [0.15, 0.2) is 24.3 Å². The molecule has 1 aromatic carbocycles. The Kier molecular flexibility index (Phi) is 7.01. The number of unbranched alkanes of at least 4 members (excludes halogenated alkanes) is 1. The summed E-state index contributed by atoms with van der Waals surface area (Å²) in [6.07, 6.45) is 4.50. The lowest BCUT2D eigenvalue weighted by Gasteiger charge is -2.37. The number of Topliss-reactive ketones (excluding diaryl/α,β-unsaturated/α-hetero) is 1. The van der Waals surface area contributed by atoms with Crippen molar-refractivity contribution in [3.8, 4) is 0 Å². The predicted molar refractivity (Wildman–Crippen MR) is 87.0 cm³/mol. The molecule has 2 nitrogen and oxygen atoms in total. The van der Waals surface area contributed by atoms with Crippen LogP contribution in [0.5, 0.6) is 0 Å². The van der Waals surface area contributed by atoms with Crippen molar-refractivity contribution in [2.24, 2.45) is 0 Å². The minimum absolute atomic E-state index is 0. The predicted octanol–water partition coefficient (Wildman–Crippen LogP) is 4.14. The second kappa shape index (κ2) is 8.02. The molecule has 20 heavy (non-hydrogen) atoms. The van der Waals surface area contributed by atoms with E-state index in [4.69, 9.17) is 11.6 Å². The van der Waals surface area contributed by atoms with Crippen molar-refractivity contribution >= 4 is 29.8 Å². The van der Waals surface area contributed by atoms with Gasteiger partial charge in [-0.3, -0.25) is 4.79 Å². The highest BCUT2D eigenvalue weighted by molar-refractivity contribution is 6.30. The van der Waals surface area contributed by atoms with Gasteiger partial charge in [-0.05, 0) is 50.0 Å². The number of piperidine rings is 1. The molecule has 1 aliphatic rings. The first kappa shape index (κ1) is 17.5. The zero-order valence-corrected chi connectivity index (χ0v) is 13.5. The second-order valence-corrected chi connectivity index (χ2v) is 5.81. The zero-order chi connectivity index (χ0) is 13.7. The van der Waals surface area contributed by atoms with E-state index < -0.39 is 0 Å². The van der Waals surface area contributed by atoms with Gasteiger partial charge in [0.2, 0.25) is 0 Å². The Morgan fingerprint density at radius 2 is 2.05 bits per heavy atom. The van der Waals surface area contributed by atoms with E-state index >= 15 is 0 Å². The number of benzene rings is 1. The number of carbonyl (C=O) groups is 1. The lowest BCUT2D eigenvalue weighted by Crippen LogP contribution is -2.45. The van der Waals surface area contributed by atoms with Crippen molar-refractivity contribution < 1.29 is 4.79 Å². The maximum Gasteiger partial charge on any atom is 0.143 e. The number of halogens is 2. The van der Waals surface area contributed by atoms with Crippen LogP contribution in [0.25, 0.3) is 0 Å². The SMILES string of the molecule is CCCCC(=O)C1(c2cccc(Cl)c2)CCNCC1.Cl. The van der Waals surface area contributed by atoms with Gasteiger partial charge in [0.1, 0.15) is 5.78 Å². The fourth-order valence-electron chi connectivity index (χ4n) is 2.94. The van der Waals surface area contributed by atoms with Crippen LogP contribution in [0.3, 0.4) is 0 Å². The third-order valence-electron chi connectivity index (χ3n) is 4.13. The smallest absolute Gasteiger partial charge is 0.143 e. The molecule has 4 heteroatoms. The summed E-state index contributed by atoms with van der Waals surface area (Å²) in [7, 11) is 0. The molecule has 0 spiro atoms. The second-order valence-electron chi connectivity index (χ2n) is 5.37. The Morgan fingerprint density at radius 1 is 1.35 bits per heavy atom. The standard InChI is InChI=1S/C16H22ClNO.ClH/c1-2-3-7-15(19)16(8-10-18-11-9-16)13-5-4-6-14(17)12-13;/h4-6,12,18H,2-3,7-11H2,1H3;1H. The van der Waals surface area contributed by atoms with Crippen LogP contribution >= 0.6 is 24.0 Å². The lowest BCUT2D eigenvalue weighted by molar-refractivity contribution is -0.125. The van der Waals surface area contributed by atoms with E-state index in [0.29, 0.717) is 12.2 Å². The van der Waals surface area contributed by atoms with Gasteiger partial charge in [0.15, 0.2) is 0 Å². The maximum absolute atomic E-state index is 12.7. The van der Waals surface area contributed by atoms with Crippen LogP contribution < -0.4 is 5.32 Å². The van der Waals surface area contributed by atoms with E-state index in [2.05, 4.69) is 18.3 Å². The molecule has 0 aliphatic carbocycles. The maximum atomic E-state index is 12.7. The summed E-state index contributed by atoms with van der Waals surface area (Å²) in [6.45, 7) is 3.94.